The number of carbonyl (C=O) groups is 3. The highest BCUT2D eigenvalue weighted by atomic mass is 16.5. The van der Waals surface area contributed by atoms with Gasteiger partial charge in [-0.25, -0.2) is 9.59 Å². The van der Waals surface area contributed by atoms with Crippen LogP contribution in [0, 0.1) is 0 Å². The van der Waals surface area contributed by atoms with Crippen molar-refractivity contribution in [2.75, 3.05) is 0 Å². The molecule has 7 nitrogen and oxygen atoms in total. The zero-order valence-corrected chi connectivity index (χ0v) is 14.6. The minimum absolute atomic E-state index is 0.0329. The Labute approximate surface area is 156 Å². The molecule has 2 aromatic carbocycles. The monoisotopic (exact) mass is 368 g/mol. The van der Waals surface area contributed by atoms with Crippen LogP contribution in [0.3, 0.4) is 0 Å². The molecule has 0 aromatic heterocycles. The van der Waals surface area contributed by atoms with Crippen molar-refractivity contribution in [3.8, 4) is 11.1 Å². The number of rotatable bonds is 7. The van der Waals surface area contributed by atoms with Crippen LogP contribution in [0.4, 0.5) is 4.79 Å². The van der Waals surface area contributed by atoms with Gasteiger partial charge < -0.3 is 20.9 Å². The minimum Gasteiger partial charge on any atom is -0.480 e. The van der Waals surface area contributed by atoms with Gasteiger partial charge in [-0.3, -0.25) is 4.79 Å². The van der Waals surface area contributed by atoms with Gasteiger partial charge in [-0.15, -0.1) is 0 Å². The van der Waals surface area contributed by atoms with Crippen molar-refractivity contribution >= 4 is 18.0 Å². The Balaban J connectivity index is 1.63. The Morgan fingerprint density at radius 2 is 1.85 bits per heavy atom. The topological polar surface area (TPSA) is 119 Å². The first-order chi connectivity index (χ1) is 13.0. The summed E-state index contributed by atoms with van der Waals surface area (Å²) in [6.07, 6.45) is -0.305. The summed E-state index contributed by atoms with van der Waals surface area (Å²) in [6.45, 7) is 0.0329. The lowest BCUT2D eigenvalue weighted by Crippen LogP contribution is -2.41. The van der Waals surface area contributed by atoms with Gasteiger partial charge in [0.2, 0.25) is 5.91 Å². The van der Waals surface area contributed by atoms with Crippen LogP contribution in [0.15, 0.2) is 42.5 Å². The van der Waals surface area contributed by atoms with Crippen LogP contribution in [0.25, 0.3) is 11.1 Å². The average molecular weight is 368 g/mol. The molecule has 1 atom stereocenters. The third kappa shape index (κ3) is 4.25. The normalized spacial score (nSPS) is 12.6. The van der Waals surface area contributed by atoms with Crippen molar-refractivity contribution in [1.29, 1.82) is 0 Å². The third-order valence-corrected chi connectivity index (χ3v) is 4.58. The number of alkyl carbamates (subject to hydrolysis) is 1. The Morgan fingerprint density at radius 1 is 1.11 bits per heavy atom. The van der Waals surface area contributed by atoms with Crippen molar-refractivity contribution in [3.05, 3.63) is 59.2 Å². The number of hydrogen-bond donors (Lipinski definition) is 3. The quantitative estimate of drug-likeness (QED) is 0.591. The van der Waals surface area contributed by atoms with E-state index in [2.05, 4.69) is 17.4 Å². The number of carbonyl (C=O) groups excluding carboxylic acids is 2. The van der Waals surface area contributed by atoms with Crippen molar-refractivity contribution < 1.29 is 24.2 Å². The largest absolute Gasteiger partial charge is 0.480 e. The lowest BCUT2D eigenvalue weighted by atomic mass is 10.0. The second-order valence-electron chi connectivity index (χ2n) is 6.39. The Hall–Kier alpha value is -3.35. The zero-order valence-electron chi connectivity index (χ0n) is 14.6. The molecule has 0 bridgehead atoms. The summed E-state index contributed by atoms with van der Waals surface area (Å²) in [5, 5.41) is 11.4. The van der Waals surface area contributed by atoms with Crippen LogP contribution in [0.2, 0.25) is 0 Å². The zero-order chi connectivity index (χ0) is 19.4. The molecule has 2 aromatic rings. The maximum absolute atomic E-state index is 12.0. The van der Waals surface area contributed by atoms with Crippen LogP contribution >= 0.6 is 0 Å². The first-order valence-corrected chi connectivity index (χ1v) is 8.59. The van der Waals surface area contributed by atoms with E-state index in [0.29, 0.717) is 0 Å². The number of nitrogens with one attached hydrogen (secondary N) is 1. The molecule has 4 N–H and O–H groups in total. The average Bonchev–Trinajstić information content (AvgIpc) is 3.02. The molecule has 3 rings (SSSR count). The van der Waals surface area contributed by atoms with Crippen molar-refractivity contribution in [2.24, 2.45) is 5.73 Å². The number of ether oxygens (including phenoxy) is 1. The second kappa shape index (κ2) is 7.90. The molecule has 1 aliphatic carbocycles. The van der Waals surface area contributed by atoms with E-state index in [9.17, 15) is 14.4 Å². The number of hydrogen-bond acceptors (Lipinski definition) is 4. The molecule has 0 spiro atoms. The molecular formula is C20H20N2O5. The van der Waals surface area contributed by atoms with Gasteiger partial charge in [-0.2, -0.15) is 0 Å². The molecule has 0 fully saturated rings. The van der Waals surface area contributed by atoms with Gasteiger partial charge in [0.25, 0.3) is 0 Å². The van der Waals surface area contributed by atoms with Crippen molar-refractivity contribution in [3.63, 3.8) is 0 Å². The summed E-state index contributed by atoms with van der Waals surface area (Å²) in [5.74, 6) is -1.87. The summed E-state index contributed by atoms with van der Waals surface area (Å²) in [6, 6.07) is 12.7. The summed E-state index contributed by atoms with van der Waals surface area (Å²) >= 11 is 0. The van der Waals surface area contributed by atoms with Crippen LogP contribution in [0.1, 0.15) is 29.5 Å². The summed E-state index contributed by atoms with van der Waals surface area (Å²) in [7, 11) is 0. The maximum atomic E-state index is 12.0. The molecule has 1 aliphatic rings. The molecule has 0 radical (unpaired) electrons. The number of aliphatic carboxylic acids is 1. The van der Waals surface area contributed by atoms with E-state index in [1.165, 1.54) is 11.1 Å². The number of primary amides is 1. The summed E-state index contributed by atoms with van der Waals surface area (Å²) < 4.78 is 5.21. The predicted molar refractivity (Wildman–Crippen MR) is 97.9 cm³/mol. The molecule has 0 aliphatic heterocycles. The highest BCUT2D eigenvalue weighted by Gasteiger charge is 2.23. The van der Waals surface area contributed by atoms with Crippen molar-refractivity contribution in [2.45, 2.75) is 31.9 Å². The van der Waals surface area contributed by atoms with Gasteiger partial charge in [-0.05, 0) is 40.7 Å². The first kappa shape index (κ1) is 18.4. The van der Waals surface area contributed by atoms with E-state index < -0.39 is 24.0 Å². The van der Waals surface area contributed by atoms with Gasteiger partial charge in [0, 0.05) is 6.42 Å². The second-order valence-corrected chi connectivity index (χ2v) is 6.39. The predicted octanol–water partition coefficient (Wildman–Crippen LogP) is 2.20. The third-order valence-electron chi connectivity index (χ3n) is 4.58. The number of nitrogens with two attached hydrogens (primary N) is 1. The molecule has 0 saturated carbocycles. The summed E-state index contributed by atoms with van der Waals surface area (Å²) in [4.78, 5) is 34.0. The van der Waals surface area contributed by atoms with Gasteiger partial charge in [0.15, 0.2) is 0 Å². The van der Waals surface area contributed by atoms with E-state index in [-0.39, 0.29) is 19.4 Å². The van der Waals surface area contributed by atoms with Gasteiger partial charge >= 0.3 is 12.1 Å². The first-order valence-electron chi connectivity index (χ1n) is 8.59. The van der Waals surface area contributed by atoms with Gasteiger partial charge in [0.1, 0.15) is 12.6 Å². The summed E-state index contributed by atoms with van der Waals surface area (Å²) in [5.41, 5.74) is 10.5. The molecular weight excluding hydrogens is 348 g/mol. The smallest absolute Gasteiger partial charge is 0.408 e. The molecule has 0 unspecified atom stereocenters. The van der Waals surface area contributed by atoms with Gasteiger partial charge in [0.05, 0.1) is 0 Å². The Bertz CT molecular complexity index is 894. The number of fused-ring (bicyclic) bond motifs is 3. The maximum Gasteiger partial charge on any atom is 0.408 e. The highest BCUT2D eigenvalue weighted by molar-refractivity contribution is 5.81. The molecule has 2 amide bonds. The Kier molecular flexibility index (Phi) is 5.40. The molecule has 0 saturated heterocycles. The molecule has 27 heavy (non-hydrogen) atoms. The lowest BCUT2D eigenvalue weighted by molar-refractivity contribution is -0.139. The molecule has 140 valence electrons. The highest BCUT2D eigenvalue weighted by Crippen LogP contribution is 2.38. The fourth-order valence-electron chi connectivity index (χ4n) is 3.23. The number of carboxylic acid groups (broad SMARTS) is 1. The van der Waals surface area contributed by atoms with Gasteiger partial charge in [-0.1, -0.05) is 42.5 Å². The van der Waals surface area contributed by atoms with Crippen molar-refractivity contribution in [1.82, 2.24) is 5.32 Å². The lowest BCUT2D eigenvalue weighted by Gasteiger charge is -2.15. The van der Waals surface area contributed by atoms with E-state index in [1.54, 1.807) is 0 Å². The van der Waals surface area contributed by atoms with E-state index >= 15 is 0 Å². The fourth-order valence-corrected chi connectivity index (χ4v) is 3.23. The van der Waals surface area contributed by atoms with E-state index in [1.807, 2.05) is 30.3 Å². The van der Waals surface area contributed by atoms with Crippen LogP contribution in [-0.2, 0) is 27.4 Å². The SMILES string of the molecule is NC(=O)CC[C@H](NC(=O)OCc1cccc2c1Cc1ccccc1-2)C(=O)O. The standard InChI is InChI=1S/C20H20N2O5/c21-18(23)9-8-17(19(24)25)22-20(26)27-11-13-5-3-7-15-14-6-2-1-4-12(14)10-16(13)15/h1-7,17H,8-11H2,(H2,21,23)(H,22,26)(H,24,25)/t17-/m0/s1. The minimum atomic E-state index is -1.25. The molecule has 7 heteroatoms. The van der Waals surface area contributed by atoms with Crippen LogP contribution in [-0.4, -0.2) is 29.1 Å². The van der Waals surface area contributed by atoms with Crippen LogP contribution in [0.5, 0.6) is 0 Å². The number of amides is 2. The fraction of sp³-hybridized carbons (Fsp3) is 0.250. The number of carboxylic acids is 1. The van der Waals surface area contributed by atoms with Crippen LogP contribution < -0.4 is 11.1 Å². The van der Waals surface area contributed by atoms with E-state index in [0.717, 1.165) is 23.1 Å². The Morgan fingerprint density at radius 3 is 2.59 bits per heavy atom. The molecule has 0 heterocycles. The number of benzene rings is 2. The van der Waals surface area contributed by atoms with E-state index in [4.69, 9.17) is 15.6 Å².